The van der Waals surface area contributed by atoms with Crippen molar-refractivity contribution in [2.75, 3.05) is 40.3 Å². The fourth-order valence-corrected chi connectivity index (χ4v) is 3.56. The number of carbonyl (C=O) groups is 2. The van der Waals surface area contributed by atoms with Gasteiger partial charge in [-0.05, 0) is 23.8 Å². The number of nitrogens with zero attached hydrogens (tertiary/aromatic N) is 2. The fraction of sp³-hybridized carbons (Fsp3) is 0.588. The summed E-state index contributed by atoms with van der Waals surface area (Å²) in [5, 5.41) is 8.08. The predicted octanol–water partition coefficient (Wildman–Crippen LogP) is 1.80. The van der Waals surface area contributed by atoms with E-state index in [-0.39, 0.29) is 47.7 Å². The minimum Gasteiger partial charge on any atom is -0.469 e. The van der Waals surface area contributed by atoms with Crippen molar-refractivity contribution in [1.82, 2.24) is 15.5 Å². The Hall–Kier alpha value is -1.36. The van der Waals surface area contributed by atoms with Gasteiger partial charge in [0.25, 0.3) is 5.91 Å². The maximum atomic E-state index is 11.8. The van der Waals surface area contributed by atoms with Gasteiger partial charge in [0.05, 0.1) is 17.9 Å². The van der Waals surface area contributed by atoms with Crippen LogP contribution in [0.1, 0.15) is 23.0 Å². The maximum absolute atomic E-state index is 11.8. The molecule has 2 rings (SSSR count). The third kappa shape index (κ3) is 6.11. The van der Waals surface area contributed by atoms with E-state index in [1.807, 2.05) is 17.5 Å². The molecule has 1 aromatic heterocycles. The lowest BCUT2D eigenvalue weighted by Gasteiger charge is -2.21. The number of guanidine groups is 1. The number of amides is 1. The summed E-state index contributed by atoms with van der Waals surface area (Å²) >= 11 is 1.43. The summed E-state index contributed by atoms with van der Waals surface area (Å²) in [4.78, 5) is 30.7. The van der Waals surface area contributed by atoms with Crippen molar-refractivity contribution < 1.29 is 14.3 Å². The highest BCUT2D eigenvalue weighted by Gasteiger charge is 2.36. The van der Waals surface area contributed by atoms with Crippen molar-refractivity contribution in [3.05, 3.63) is 22.4 Å². The predicted molar refractivity (Wildman–Crippen MR) is 114 cm³/mol. The fourth-order valence-electron chi connectivity index (χ4n) is 2.92. The molecule has 7 nitrogen and oxygen atoms in total. The van der Waals surface area contributed by atoms with E-state index < -0.39 is 0 Å². The largest absolute Gasteiger partial charge is 0.469 e. The van der Waals surface area contributed by atoms with Crippen LogP contribution in [-0.4, -0.2) is 63.1 Å². The van der Waals surface area contributed by atoms with Crippen LogP contribution >= 0.6 is 35.3 Å². The zero-order valence-electron chi connectivity index (χ0n) is 15.4. The Kier molecular flexibility index (Phi) is 9.92. The topological polar surface area (TPSA) is 83.0 Å². The second-order valence-corrected chi connectivity index (χ2v) is 7.02. The summed E-state index contributed by atoms with van der Waals surface area (Å²) in [6.07, 6.45) is 0.792. The van der Waals surface area contributed by atoms with Gasteiger partial charge >= 0.3 is 5.97 Å². The number of methoxy groups -OCH3 is 1. The summed E-state index contributed by atoms with van der Waals surface area (Å²) in [6, 6.07) is 3.68. The molecule has 1 aliphatic rings. The van der Waals surface area contributed by atoms with Crippen molar-refractivity contribution in [3.8, 4) is 0 Å². The molecular weight excluding hydrogens is 467 g/mol. The number of nitrogens with one attached hydrogen (secondary N) is 2. The van der Waals surface area contributed by atoms with Crippen molar-refractivity contribution in [2.24, 2.45) is 16.8 Å². The minimum atomic E-state index is -0.165. The zero-order chi connectivity index (χ0) is 18.2. The number of rotatable bonds is 6. The molecular formula is C17H27IN4O3S. The number of ether oxygens (including phenoxy) is 1. The molecule has 2 atom stereocenters. The Morgan fingerprint density at radius 3 is 2.69 bits per heavy atom. The number of likely N-dealkylation sites (tertiary alicyclic amines) is 1. The molecule has 0 aliphatic carbocycles. The first-order valence-electron chi connectivity index (χ1n) is 8.42. The van der Waals surface area contributed by atoms with Crippen molar-refractivity contribution in [1.29, 1.82) is 0 Å². The molecule has 1 aliphatic heterocycles. The highest BCUT2D eigenvalue weighted by atomic mass is 127. The van der Waals surface area contributed by atoms with Gasteiger partial charge in [-0.15, -0.1) is 35.3 Å². The standard InChI is InChI=1S/C17H26N4O3S.HI/c1-12-10-21(11-13(12)16(23)24-3)17(18-2)20-8-5-7-19-15(22)14-6-4-9-25-14;/h4,6,9,12-13H,5,7-8,10-11H2,1-3H3,(H,18,20)(H,19,22);1H. The molecule has 0 radical (unpaired) electrons. The van der Waals surface area contributed by atoms with E-state index in [2.05, 4.69) is 27.4 Å². The second-order valence-electron chi connectivity index (χ2n) is 6.07. The van der Waals surface area contributed by atoms with Crippen LogP contribution in [-0.2, 0) is 9.53 Å². The van der Waals surface area contributed by atoms with Gasteiger partial charge < -0.3 is 20.3 Å². The molecule has 1 aromatic rings. The van der Waals surface area contributed by atoms with Crippen LogP contribution in [0.5, 0.6) is 0 Å². The molecule has 0 spiro atoms. The summed E-state index contributed by atoms with van der Waals surface area (Å²) < 4.78 is 4.87. The monoisotopic (exact) mass is 494 g/mol. The number of thiophene rings is 1. The van der Waals surface area contributed by atoms with E-state index >= 15 is 0 Å². The number of hydrogen-bond acceptors (Lipinski definition) is 5. The Morgan fingerprint density at radius 2 is 2.08 bits per heavy atom. The van der Waals surface area contributed by atoms with Gasteiger partial charge in [-0.2, -0.15) is 0 Å². The lowest BCUT2D eigenvalue weighted by molar-refractivity contribution is -0.145. The van der Waals surface area contributed by atoms with Crippen LogP contribution < -0.4 is 10.6 Å². The third-order valence-electron chi connectivity index (χ3n) is 4.29. The second kappa shape index (κ2) is 11.4. The van der Waals surface area contributed by atoms with Crippen LogP contribution in [0.15, 0.2) is 22.5 Å². The van der Waals surface area contributed by atoms with Gasteiger partial charge in [-0.3, -0.25) is 14.6 Å². The summed E-state index contributed by atoms with van der Waals surface area (Å²) in [6.45, 7) is 4.74. The number of hydrogen-bond donors (Lipinski definition) is 2. The Labute approximate surface area is 175 Å². The Morgan fingerprint density at radius 1 is 1.35 bits per heavy atom. The summed E-state index contributed by atoms with van der Waals surface area (Å²) in [5.41, 5.74) is 0. The normalized spacial score (nSPS) is 19.7. The van der Waals surface area contributed by atoms with Crippen LogP contribution in [0.25, 0.3) is 0 Å². The average Bonchev–Trinajstić information content (AvgIpc) is 3.27. The average molecular weight is 494 g/mol. The van der Waals surface area contributed by atoms with Crippen molar-refractivity contribution in [3.63, 3.8) is 0 Å². The molecule has 2 heterocycles. The van der Waals surface area contributed by atoms with Gasteiger partial charge in [0.15, 0.2) is 5.96 Å². The Balaban J connectivity index is 0.00000338. The Bertz CT molecular complexity index is 609. The van der Waals surface area contributed by atoms with E-state index in [1.54, 1.807) is 7.05 Å². The molecule has 26 heavy (non-hydrogen) atoms. The molecule has 1 saturated heterocycles. The van der Waals surface area contributed by atoms with Crippen molar-refractivity contribution in [2.45, 2.75) is 13.3 Å². The van der Waals surface area contributed by atoms with Crippen LogP contribution in [0.3, 0.4) is 0 Å². The van der Waals surface area contributed by atoms with Gasteiger partial charge in [-0.25, -0.2) is 0 Å². The van der Waals surface area contributed by atoms with E-state index in [0.29, 0.717) is 19.6 Å². The summed E-state index contributed by atoms with van der Waals surface area (Å²) in [5.74, 6) is 0.697. The van der Waals surface area contributed by atoms with Crippen molar-refractivity contribution >= 4 is 53.1 Å². The SMILES string of the molecule is CN=C(NCCCNC(=O)c1cccs1)N1CC(C)C(C(=O)OC)C1.I. The van der Waals surface area contributed by atoms with E-state index in [1.165, 1.54) is 18.4 Å². The minimum absolute atomic E-state index is 0. The van der Waals surface area contributed by atoms with E-state index in [4.69, 9.17) is 4.74 Å². The number of carbonyl (C=O) groups excluding carboxylic acids is 2. The van der Waals surface area contributed by atoms with Gasteiger partial charge in [0.2, 0.25) is 0 Å². The lowest BCUT2D eigenvalue weighted by Crippen LogP contribution is -2.41. The van der Waals surface area contributed by atoms with E-state index in [0.717, 1.165) is 23.8 Å². The molecule has 9 heteroatoms. The first-order chi connectivity index (χ1) is 12.1. The molecule has 1 fully saturated rings. The first-order valence-corrected chi connectivity index (χ1v) is 9.30. The van der Waals surface area contributed by atoms with Gasteiger partial charge in [-0.1, -0.05) is 13.0 Å². The third-order valence-corrected chi connectivity index (χ3v) is 5.16. The number of esters is 1. The highest BCUT2D eigenvalue weighted by Crippen LogP contribution is 2.23. The number of aliphatic imine (C=N–C) groups is 1. The quantitative estimate of drug-likeness (QED) is 0.207. The number of halogens is 1. The molecule has 0 bridgehead atoms. The first kappa shape index (κ1) is 22.7. The van der Waals surface area contributed by atoms with Gasteiger partial charge in [0, 0.05) is 33.2 Å². The molecule has 146 valence electrons. The molecule has 2 N–H and O–H groups in total. The van der Waals surface area contributed by atoms with Crippen LogP contribution in [0.4, 0.5) is 0 Å². The smallest absolute Gasteiger partial charge is 0.310 e. The molecule has 1 amide bonds. The molecule has 0 saturated carbocycles. The van der Waals surface area contributed by atoms with Crippen LogP contribution in [0.2, 0.25) is 0 Å². The van der Waals surface area contributed by atoms with Crippen LogP contribution in [0, 0.1) is 11.8 Å². The highest BCUT2D eigenvalue weighted by molar-refractivity contribution is 14.0. The molecule has 0 aromatic carbocycles. The summed E-state index contributed by atoms with van der Waals surface area (Å²) in [7, 11) is 3.16. The van der Waals surface area contributed by atoms with E-state index in [9.17, 15) is 9.59 Å². The molecule has 2 unspecified atom stereocenters. The maximum Gasteiger partial charge on any atom is 0.310 e. The lowest BCUT2D eigenvalue weighted by atomic mass is 9.99. The zero-order valence-corrected chi connectivity index (χ0v) is 18.5. The van der Waals surface area contributed by atoms with Gasteiger partial charge in [0.1, 0.15) is 0 Å².